The number of hydrogen-bond acceptors (Lipinski definition) is 7. The number of nitrogens with zero attached hydrogens (tertiary/aromatic N) is 1. The van der Waals surface area contributed by atoms with Gasteiger partial charge in [0.15, 0.2) is 0 Å². The molecule has 2 atom stereocenters. The van der Waals surface area contributed by atoms with Crippen molar-refractivity contribution in [1.29, 1.82) is 0 Å². The Balaban J connectivity index is 1.57. The molecule has 2 aromatic carbocycles. The van der Waals surface area contributed by atoms with Crippen LogP contribution in [0.25, 0.3) is 0 Å². The molecular formula is C23H27NO7S. The second kappa shape index (κ2) is 7.88. The number of fused-ring (bicyclic) bond motifs is 3. The molecule has 8 nitrogen and oxygen atoms in total. The van der Waals surface area contributed by atoms with Crippen LogP contribution in [0, 0.1) is 0 Å². The van der Waals surface area contributed by atoms with E-state index in [1.54, 1.807) is 17.0 Å². The Morgan fingerprint density at radius 3 is 2.59 bits per heavy atom. The number of sulfone groups is 1. The van der Waals surface area contributed by atoms with Gasteiger partial charge >= 0.3 is 6.09 Å². The molecule has 1 N–H and O–H groups in total. The van der Waals surface area contributed by atoms with Crippen LogP contribution in [0.1, 0.15) is 38.7 Å². The van der Waals surface area contributed by atoms with Gasteiger partial charge in [-0.2, -0.15) is 0 Å². The van der Waals surface area contributed by atoms with Crippen molar-refractivity contribution >= 4 is 15.9 Å². The molecule has 0 saturated carbocycles. The predicted octanol–water partition coefficient (Wildman–Crippen LogP) is 3.72. The normalized spacial score (nSPS) is 20.2. The minimum Gasteiger partial charge on any atom is -0.508 e. The molecule has 172 valence electrons. The summed E-state index contributed by atoms with van der Waals surface area (Å²) >= 11 is 0. The monoisotopic (exact) mass is 461 g/mol. The van der Waals surface area contributed by atoms with Gasteiger partial charge in [0.1, 0.15) is 29.0 Å². The fraction of sp³-hybridized carbons (Fsp3) is 0.435. The molecule has 2 aliphatic rings. The molecule has 2 heterocycles. The first-order valence-electron chi connectivity index (χ1n) is 10.4. The maximum Gasteiger partial charge on any atom is 0.410 e. The highest BCUT2D eigenvalue weighted by molar-refractivity contribution is 7.91. The lowest BCUT2D eigenvalue weighted by Gasteiger charge is -2.35. The molecule has 2 aliphatic heterocycles. The average Bonchev–Trinajstić information content (AvgIpc) is 3.08. The number of carbonyl (C=O) groups is 1. The van der Waals surface area contributed by atoms with Crippen molar-refractivity contribution in [3.63, 3.8) is 0 Å². The second-order valence-corrected chi connectivity index (χ2v) is 11.0. The number of ether oxygens (including phenoxy) is 3. The highest BCUT2D eigenvalue weighted by atomic mass is 32.2. The molecule has 4 rings (SSSR count). The smallest absolute Gasteiger partial charge is 0.410 e. The summed E-state index contributed by atoms with van der Waals surface area (Å²) in [6, 6.07) is 8.72. The van der Waals surface area contributed by atoms with Crippen LogP contribution in [0.4, 0.5) is 4.79 Å². The number of phenols is 1. The van der Waals surface area contributed by atoms with E-state index >= 15 is 0 Å². The van der Waals surface area contributed by atoms with E-state index in [4.69, 9.17) is 14.2 Å². The van der Waals surface area contributed by atoms with Gasteiger partial charge in [-0.25, -0.2) is 13.2 Å². The molecule has 0 aromatic heterocycles. The molecule has 2 aromatic rings. The summed E-state index contributed by atoms with van der Waals surface area (Å²) in [5.74, 6) is 0.628. The second-order valence-electron chi connectivity index (χ2n) is 9.05. The lowest BCUT2D eigenvalue weighted by atomic mass is 9.89. The van der Waals surface area contributed by atoms with E-state index in [1.165, 1.54) is 31.4 Å². The maximum atomic E-state index is 13.2. The van der Waals surface area contributed by atoms with E-state index < -0.39 is 15.4 Å². The fourth-order valence-electron chi connectivity index (χ4n) is 4.10. The Bertz CT molecular complexity index is 1150. The number of likely N-dealkylation sites (tertiary alicyclic amines) is 1. The van der Waals surface area contributed by atoms with Crippen molar-refractivity contribution in [3.8, 4) is 17.2 Å². The van der Waals surface area contributed by atoms with E-state index in [9.17, 15) is 18.3 Å². The van der Waals surface area contributed by atoms with Gasteiger partial charge in [-0.15, -0.1) is 0 Å². The summed E-state index contributed by atoms with van der Waals surface area (Å²) in [6.45, 7) is 6.39. The van der Waals surface area contributed by atoms with Crippen LogP contribution in [-0.4, -0.2) is 56.4 Å². The molecule has 32 heavy (non-hydrogen) atoms. The highest BCUT2D eigenvalue weighted by Crippen LogP contribution is 2.44. The number of hydrogen-bond donors (Lipinski definition) is 1. The van der Waals surface area contributed by atoms with Crippen LogP contribution in [0.5, 0.6) is 17.2 Å². The van der Waals surface area contributed by atoms with Gasteiger partial charge in [-0.05, 0) is 51.5 Å². The summed E-state index contributed by atoms with van der Waals surface area (Å²) in [7, 11) is -2.50. The summed E-state index contributed by atoms with van der Waals surface area (Å²) in [4.78, 5) is 14.1. The number of phenolic OH excluding ortho intramolecular Hbond substituents is 1. The van der Waals surface area contributed by atoms with E-state index in [2.05, 4.69) is 0 Å². The Hall–Kier alpha value is -2.94. The van der Waals surface area contributed by atoms with Crippen LogP contribution in [0.15, 0.2) is 46.2 Å². The quantitative estimate of drug-likeness (QED) is 0.743. The van der Waals surface area contributed by atoms with Crippen molar-refractivity contribution in [2.75, 3.05) is 20.2 Å². The molecule has 1 saturated heterocycles. The van der Waals surface area contributed by atoms with Gasteiger partial charge < -0.3 is 24.2 Å². The van der Waals surface area contributed by atoms with Crippen molar-refractivity contribution in [1.82, 2.24) is 4.90 Å². The molecule has 0 spiro atoms. The number of aromatic hydroxyl groups is 1. The Kier molecular flexibility index (Phi) is 5.48. The van der Waals surface area contributed by atoms with E-state index in [-0.39, 0.29) is 39.4 Å². The molecule has 2 unspecified atom stereocenters. The molecular weight excluding hydrogens is 434 g/mol. The van der Waals surface area contributed by atoms with Crippen molar-refractivity contribution in [3.05, 3.63) is 42.0 Å². The largest absolute Gasteiger partial charge is 0.508 e. The third kappa shape index (κ3) is 4.21. The predicted molar refractivity (Wildman–Crippen MR) is 116 cm³/mol. The van der Waals surface area contributed by atoms with E-state index in [1.807, 2.05) is 20.8 Å². The number of amides is 1. The third-order valence-corrected chi connectivity index (χ3v) is 7.33. The molecule has 1 fully saturated rings. The summed E-state index contributed by atoms with van der Waals surface area (Å²) in [5, 5.41) is 9.86. The van der Waals surface area contributed by atoms with E-state index in [0.29, 0.717) is 25.3 Å². The van der Waals surface area contributed by atoms with Gasteiger partial charge in [0.05, 0.1) is 23.4 Å². The first kappa shape index (κ1) is 22.3. The SMILES string of the molecule is COc1cc(O)cc(S(=O)(=O)c2ccc3c(c2)OC2CN(C(=O)OC(C)(C)C)CCC32)c1. The van der Waals surface area contributed by atoms with Crippen molar-refractivity contribution in [2.45, 2.75) is 54.6 Å². The van der Waals surface area contributed by atoms with Gasteiger partial charge in [0.2, 0.25) is 9.84 Å². The van der Waals surface area contributed by atoms with Crippen molar-refractivity contribution in [2.24, 2.45) is 0 Å². The molecule has 0 bridgehead atoms. The zero-order valence-electron chi connectivity index (χ0n) is 18.5. The van der Waals surface area contributed by atoms with Crippen LogP contribution < -0.4 is 9.47 Å². The zero-order chi connectivity index (χ0) is 23.3. The van der Waals surface area contributed by atoms with Gasteiger partial charge in [-0.3, -0.25) is 0 Å². The molecule has 1 amide bonds. The zero-order valence-corrected chi connectivity index (χ0v) is 19.3. The lowest BCUT2D eigenvalue weighted by Crippen LogP contribution is -2.47. The number of carbonyl (C=O) groups excluding carboxylic acids is 1. The average molecular weight is 462 g/mol. The van der Waals surface area contributed by atoms with Gasteiger partial charge in [0, 0.05) is 24.1 Å². The standard InChI is InChI=1S/C23H27NO7S/c1-23(2,3)31-22(26)24-8-7-19-18-6-5-16(12-20(18)30-21(19)13-24)32(27,28)17-10-14(25)9-15(11-17)29-4/h5-6,9-12,19,21,25H,7-8,13H2,1-4H3. The topological polar surface area (TPSA) is 102 Å². The number of benzene rings is 2. The third-order valence-electron chi connectivity index (χ3n) is 5.59. The Morgan fingerprint density at radius 1 is 1.16 bits per heavy atom. The van der Waals surface area contributed by atoms with E-state index in [0.717, 1.165) is 5.56 Å². The minimum atomic E-state index is -3.90. The molecule has 0 radical (unpaired) electrons. The Labute approximate surface area is 187 Å². The summed E-state index contributed by atoms with van der Waals surface area (Å²) in [6.07, 6.45) is 0.0638. The van der Waals surface area contributed by atoms with Crippen LogP contribution in [0.3, 0.4) is 0 Å². The highest BCUT2D eigenvalue weighted by Gasteiger charge is 2.41. The summed E-state index contributed by atoms with van der Waals surface area (Å²) < 4.78 is 42.9. The van der Waals surface area contributed by atoms with Crippen molar-refractivity contribution < 1.29 is 32.5 Å². The fourth-order valence-corrected chi connectivity index (χ4v) is 5.43. The maximum absolute atomic E-state index is 13.2. The summed E-state index contributed by atoms with van der Waals surface area (Å²) in [5.41, 5.74) is 0.358. The number of methoxy groups -OCH3 is 1. The number of piperidine rings is 1. The van der Waals surface area contributed by atoms with Crippen LogP contribution >= 0.6 is 0 Å². The minimum absolute atomic E-state index is 0.0616. The first-order valence-corrected chi connectivity index (χ1v) is 11.9. The van der Waals surface area contributed by atoms with Crippen LogP contribution in [-0.2, 0) is 14.6 Å². The van der Waals surface area contributed by atoms with Gasteiger partial charge in [-0.1, -0.05) is 6.07 Å². The molecule has 0 aliphatic carbocycles. The van der Waals surface area contributed by atoms with Gasteiger partial charge in [0.25, 0.3) is 0 Å². The van der Waals surface area contributed by atoms with Crippen LogP contribution in [0.2, 0.25) is 0 Å². The first-order chi connectivity index (χ1) is 15.0. The molecule has 9 heteroatoms. The lowest BCUT2D eigenvalue weighted by molar-refractivity contribution is 0.00788. The Morgan fingerprint density at radius 2 is 1.91 bits per heavy atom. The number of rotatable bonds is 3.